The van der Waals surface area contributed by atoms with Crippen molar-refractivity contribution in [2.24, 2.45) is 0 Å². The smallest absolute Gasteiger partial charge is 0.164 e. The van der Waals surface area contributed by atoms with Crippen molar-refractivity contribution in [2.45, 2.75) is 32.2 Å². The van der Waals surface area contributed by atoms with Crippen LogP contribution < -0.4 is 11.1 Å². The lowest BCUT2D eigenvalue weighted by Crippen LogP contribution is -2.14. The molecule has 0 radical (unpaired) electrons. The molecule has 0 aliphatic heterocycles. The molecule has 0 fully saturated rings. The van der Waals surface area contributed by atoms with Crippen LogP contribution in [0.1, 0.15) is 49.7 Å². The number of nitrogen functional groups attached to an aromatic ring is 1. The Hall–Kier alpha value is -7.76. The van der Waals surface area contributed by atoms with Crippen LogP contribution in [-0.2, 0) is 0 Å². The second-order valence-electron chi connectivity index (χ2n) is 13.0. The van der Waals surface area contributed by atoms with Gasteiger partial charge in [0, 0.05) is 23.5 Å². The number of imidazole rings is 4. The topological polar surface area (TPSA) is 208 Å². The number of benzene rings is 2. The van der Waals surface area contributed by atoms with E-state index in [4.69, 9.17) is 10.7 Å². The minimum Gasteiger partial charge on any atom is -0.382 e. The number of hydrogen-bond acceptors (Lipinski definition) is 12. The fraction of sp³-hybridized carbons (Fsp3) is 0.128. The predicted octanol–water partition coefficient (Wildman–Crippen LogP) is 6.75. The zero-order valence-corrected chi connectivity index (χ0v) is 30.4. The number of anilines is 2. The van der Waals surface area contributed by atoms with Crippen molar-refractivity contribution in [1.82, 2.24) is 68.9 Å². The molecule has 18 heteroatoms. The monoisotopic (exact) mass is 762 g/mol. The van der Waals surface area contributed by atoms with Gasteiger partial charge in [-0.25, -0.2) is 58.6 Å². The summed E-state index contributed by atoms with van der Waals surface area (Å²) in [5.41, 5.74) is 12.4. The lowest BCUT2D eigenvalue weighted by Gasteiger charge is -2.16. The molecule has 2 aromatic carbocycles. The molecule has 0 bridgehead atoms. The van der Waals surface area contributed by atoms with Crippen LogP contribution in [0.5, 0.6) is 0 Å². The van der Waals surface area contributed by atoms with E-state index >= 15 is 0 Å². The first-order valence-electron chi connectivity index (χ1n) is 17.9. The molecule has 10 aromatic rings. The molecular formula is C39H32F2N16. The van der Waals surface area contributed by atoms with Crippen molar-refractivity contribution in [2.75, 3.05) is 11.1 Å². The number of nitrogens with two attached hydrogens (primary N) is 1. The average molecular weight is 763 g/mol. The van der Waals surface area contributed by atoms with Gasteiger partial charge in [0.05, 0.1) is 37.0 Å². The van der Waals surface area contributed by atoms with Gasteiger partial charge in [0.15, 0.2) is 34.2 Å². The fourth-order valence-electron chi connectivity index (χ4n) is 6.76. The van der Waals surface area contributed by atoms with Crippen LogP contribution in [-0.4, -0.2) is 68.9 Å². The summed E-state index contributed by atoms with van der Waals surface area (Å²) in [7, 11) is 0. The number of pyridine rings is 2. The van der Waals surface area contributed by atoms with Crippen molar-refractivity contribution >= 4 is 56.3 Å². The third-order valence-electron chi connectivity index (χ3n) is 9.32. The predicted molar refractivity (Wildman–Crippen MR) is 210 cm³/mol. The Kier molecular flexibility index (Phi) is 8.88. The number of nitrogens with zero attached hydrogens (tertiary/aromatic N) is 12. The highest BCUT2D eigenvalue weighted by molar-refractivity contribution is 5.83. The standard InChI is InChI=1S/C20H17FN8.C19H15FN8/c1-2-13(17-27-16(22)15-18(28-17)25-10-24-15)19-26-14-8-11(21)9-23-20(14)29(19)12-6-4-3-5-7-12;1-11(26-17-15-16(23-9-22-15)24-10-25-17)18-27-14-7-12(20)8-21-19(14)28(18)13-5-3-2-4-6-13/h3-10,13H,2H2,1H3,(H3,22,24,25,27,28);2-11H,1H3,(H2,22,23,24,25,26)/t13-;11-/m00/s1. The second-order valence-corrected chi connectivity index (χ2v) is 13.0. The SMILES string of the molecule is CC[C@@H](c1nc(N)c2nc[nH]c2n1)c1nc2cc(F)cnc2n1-c1ccccc1.C[C@H](Nc1ncnc2[nH]cnc12)c1nc2cc(F)cnc2n1-c1ccccc1. The first-order valence-corrected chi connectivity index (χ1v) is 17.9. The second kappa shape index (κ2) is 14.5. The fourth-order valence-corrected chi connectivity index (χ4v) is 6.76. The molecule has 2 atom stereocenters. The molecule has 0 unspecified atom stereocenters. The van der Waals surface area contributed by atoms with Crippen LogP contribution in [0.3, 0.4) is 0 Å². The van der Waals surface area contributed by atoms with Crippen molar-refractivity contribution in [3.63, 3.8) is 0 Å². The maximum atomic E-state index is 13.8. The Labute approximate surface area is 321 Å². The van der Waals surface area contributed by atoms with Gasteiger partial charge in [-0.2, -0.15) is 0 Å². The van der Waals surface area contributed by atoms with E-state index in [1.807, 2.05) is 83.6 Å². The first-order chi connectivity index (χ1) is 27.9. The molecule has 10 rings (SSSR count). The molecule has 16 nitrogen and oxygen atoms in total. The third kappa shape index (κ3) is 6.47. The van der Waals surface area contributed by atoms with E-state index in [0.717, 1.165) is 11.4 Å². The number of rotatable bonds is 8. The number of H-pyrrole nitrogens is 2. The van der Waals surface area contributed by atoms with Crippen LogP contribution in [0.25, 0.3) is 56.0 Å². The van der Waals surface area contributed by atoms with E-state index < -0.39 is 11.6 Å². The van der Waals surface area contributed by atoms with Gasteiger partial charge in [-0.15, -0.1) is 0 Å². The number of halogens is 2. The van der Waals surface area contributed by atoms with Gasteiger partial charge in [-0.1, -0.05) is 43.3 Å². The Bertz CT molecular complexity index is 3010. The van der Waals surface area contributed by atoms with Crippen molar-refractivity contribution in [1.29, 1.82) is 0 Å². The molecule has 5 N–H and O–H groups in total. The van der Waals surface area contributed by atoms with Gasteiger partial charge in [0.2, 0.25) is 0 Å². The largest absolute Gasteiger partial charge is 0.382 e. The molecule has 57 heavy (non-hydrogen) atoms. The molecule has 0 saturated heterocycles. The highest BCUT2D eigenvalue weighted by atomic mass is 19.1. The van der Waals surface area contributed by atoms with E-state index in [1.54, 1.807) is 6.33 Å². The van der Waals surface area contributed by atoms with Gasteiger partial charge in [0.1, 0.15) is 57.5 Å². The minimum absolute atomic E-state index is 0.257. The van der Waals surface area contributed by atoms with E-state index in [9.17, 15) is 8.78 Å². The van der Waals surface area contributed by atoms with Gasteiger partial charge >= 0.3 is 0 Å². The maximum absolute atomic E-state index is 13.8. The summed E-state index contributed by atoms with van der Waals surface area (Å²) in [5.74, 6) is 1.63. The van der Waals surface area contributed by atoms with Gasteiger partial charge in [-0.3, -0.25) is 9.13 Å². The summed E-state index contributed by atoms with van der Waals surface area (Å²) >= 11 is 0. The van der Waals surface area contributed by atoms with Crippen LogP contribution in [0.2, 0.25) is 0 Å². The molecule has 0 spiro atoms. The maximum Gasteiger partial charge on any atom is 0.164 e. The quantitative estimate of drug-likeness (QED) is 0.127. The van der Waals surface area contributed by atoms with Crippen LogP contribution in [0.15, 0.2) is 104 Å². The molecule has 8 aromatic heterocycles. The summed E-state index contributed by atoms with van der Waals surface area (Å²) in [5, 5.41) is 3.33. The number of aromatic amines is 2. The van der Waals surface area contributed by atoms with E-state index in [1.165, 1.54) is 37.2 Å². The van der Waals surface area contributed by atoms with Crippen LogP contribution in [0.4, 0.5) is 20.4 Å². The molecule has 282 valence electrons. The number of aromatic nitrogens is 14. The average Bonchev–Trinajstić information content (AvgIpc) is 4.04. The van der Waals surface area contributed by atoms with E-state index in [2.05, 4.69) is 60.1 Å². The first kappa shape index (κ1) is 35.0. The highest BCUT2D eigenvalue weighted by Gasteiger charge is 2.26. The number of para-hydroxylation sites is 2. The minimum atomic E-state index is -0.436. The summed E-state index contributed by atoms with van der Waals surface area (Å²) in [6.07, 6.45) is 7.63. The Morgan fingerprint density at radius 3 is 1.89 bits per heavy atom. The van der Waals surface area contributed by atoms with Gasteiger partial charge in [-0.05, 0) is 37.6 Å². The molecule has 0 aliphatic carbocycles. The number of nitrogens with one attached hydrogen (secondary N) is 3. The zero-order chi connectivity index (χ0) is 39.0. The Balaban J connectivity index is 0.000000148. The molecule has 0 saturated carbocycles. The normalized spacial score (nSPS) is 12.6. The third-order valence-corrected chi connectivity index (χ3v) is 9.32. The summed E-state index contributed by atoms with van der Waals surface area (Å²) in [4.78, 5) is 49.8. The summed E-state index contributed by atoms with van der Waals surface area (Å²) < 4.78 is 31.4. The van der Waals surface area contributed by atoms with Crippen molar-refractivity contribution in [3.8, 4) is 11.4 Å². The van der Waals surface area contributed by atoms with Crippen LogP contribution >= 0.6 is 0 Å². The lowest BCUT2D eigenvalue weighted by atomic mass is 10.0. The molecule has 0 amide bonds. The van der Waals surface area contributed by atoms with E-state index in [0.29, 0.717) is 80.2 Å². The number of hydrogen-bond donors (Lipinski definition) is 4. The molecular weight excluding hydrogens is 731 g/mol. The Morgan fingerprint density at radius 2 is 1.26 bits per heavy atom. The molecule has 8 heterocycles. The van der Waals surface area contributed by atoms with Gasteiger partial charge in [0.25, 0.3) is 0 Å². The molecule has 0 aliphatic rings. The van der Waals surface area contributed by atoms with Gasteiger partial charge < -0.3 is 21.0 Å². The lowest BCUT2D eigenvalue weighted by molar-refractivity contribution is 0.623. The van der Waals surface area contributed by atoms with Crippen molar-refractivity contribution in [3.05, 3.63) is 133 Å². The van der Waals surface area contributed by atoms with E-state index in [-0.39, 0.29) is 12.0 Å². The Morgan fingerprint density at radius 1 is 0.684 bits per heavy atom. The summed E-state index contributed by atoms with van der Waals surface area (Å²) in [6, 6.07) is 21.9. The van der Waals surface area contributed by atoms with Crippen molar-refractivity contribution < 1.29 is 8.78 Å². The summed E-state index contributed by atoms with van der Waals surface area (Å²) in [6.45, 7) is 3.97. The zero-order valence-electron chi connectivity index (χ0n) is 30.4. The highest BCUT2D eigenvalue weighted by Crippen LogP contribution is 2.32. The number of fused-ring (bicyclic) bond motifs is 4. The van der Waals surface area contributed by atoms with Crippen LogP contribution in [0, 0.1) is 11.6 Å².